The minimum Gasteiger partial charge on any atom is -0.329 e. The highest BCUT2D eigenvalue weighted by Gasteiger charge is 2.09. The van der Waals surface area contributed by atoms with Crippen LogP contribution < -0.4 is 5.73 Å². The maximum Gasteiger partial charge on any atom is 0.167 e. The van der Waals surface area contributed by atoms with Crippen molar-refractivity contribution in [3.63, 3.8) is 0 Å². The van der Waals surface area contributed by atoms with E-state index in [1.54, 1.807) is 11.8 Å². The fourth-order valence-electron chi connectivity index (χ4n) is 1.75. The lowest BCUT2D eigenvalue weighted by Gasteiger charge is -2.13. The van der Waals surface area contributed by atoms with Crippen LogP contribution in [-0.4, -0.2) is 15.3 Å². The fourth-order valence-corrected chi connectivity index (χ4v) is 2.67. The van der Waals surface area contributed by atoms with E-state index < -0.39 is 0 Å². The fraction of sp³-hybridized carbons (Fsp3) is 0.357. The van der Waals surface area contributed by atoms with Gasteiger partial charge in [0, 0.05) is 31.2 Å². The molecule has 2 rings (SSSR count). The van der Waals surface area contributed by atoms with Crippen LogP contribution in [0.4, 0.5) is 0 Å². The average Bonchev–Trinajstić information content (AvgIpc) is 2.75. The number of rotatable bonds is 4. The Kier molecular flexibility index (Phi) is 4.09. The predicted molar refractivity (Wildman–Crippen MR) is 76.8 cm³/mol. The van der Waals surface area contributed by atoms with Crippen LogP contribution >= 0.6 is 11.8 Å². The minimum atomic E-state index is 0.0472. The smallest absolute Gasteiger partial charge is 0.167 e. The summed E-state index contributed by atoms with van der Waals surface area (Å²) in [6.45, 7) is 4.24. The second kappa shape index (κ2) is 5.59. The maximum atomic E-state index is 6.22. The second-order valence-corrected chi connectivity index (χ2v) is 5.57. The van der Waals surface area contributed by atoms with Gasteiger partial charge < -0.3 is 10.3 Å². The lowest BCUT2D eigenvalue weighted by molar-refractivity contribution is 0.779. The zero-order valence-electron chi connectivity index (χ0n) is 11.1. The van der Waals surface area contributed by atoms with Crippen molar-refractivity contribution < 1.29 is 0 Å². The molecule has 0 saturated heterocycles. The summed E-state index contributed by atoms with van der Waals surface area (Å²) in [4.78, 5) is 4.28. The maximum absolute atomic E-state index is 6.22. The number of hydrogen-bond acceptors (Lipinski definition) is 3. The van der Waals surface area contributed by atoms with Crippen molar-refractivity contribution >= 4 is 11.8 Å². The number of benzene rings is 1. The molecule has 0 fully saturated rings. The van der Waals surface area contributed by atoms with Crippen LogP contribution in [-0.2, 0) is 7.05 Å². The normalized spacial score (nSPS) is 12.7. The molecule has 96 valence electrons. The van der Waals surface area contributed by atoms with Crippen LogP contribution in [0.1, 0.15) is 22.7 Å². The highest BCUT2D eigenvalue weighted by atomic mass is 32.2. The van der Waals surface area contributed by atoms with Crippen LogP contribution in [0.25, 0.3) is 0 Å². The molecule has 1 unspecified atom stereocenters. The molecule has 2 N–H and O–H groups in total. The third kappa shape index (κ3) is 2.94. The summed E-state index contributed by atoms with van der Waals surface area (Å²) in [5.74, 6) is 0.841. The van der Waals surface area contributed by atoms with Gasteiger partial charge in [-0.15, -0.1) is 0 Å². The van der Waals surface area contributed by atoms with E-state index in [4.69, 9.17) is 5.73 Å². The van der Waals surface area contributed by atoms with Crippen LogP contribution in [0.2, 0.25) is 0 Å². The zero-order chi connectivity index (χ0) is 13.1. The Balaban J connectivity index is 2.01. The SMILES string of the molecule is Cc1ccc(C(N)CSc2nccn2C)cc1C. The number of aromatic nitrogens is 2. The Morgan fingerprint density at radius 1 is 1.33 bits per heavy atom. The molecule has 3 nitrogen and oxygen atoms in total. The third-order valence-corrected chi connectivity index (χ3v) is 4.31. The van der Waals surface area contributed by atoms with Gasteiger partial charge in [-0.05, 0) is 30.5 Å². The van der Waals surface area contributed by atoms with Crippen molar-refractivity contribution in [2.24, 2.45) is 12.8 Å². The monoisotopic (exact) mass is 261 g/mol. The molecule has 1 heterocycles. The van der Waals surface area contributed by atoms with Gasteiger partial charge in [-0.2, -0.15) is 0 Å². The summed E-state index contributed by atoms with van der Waals surface area (Å²) in [5.41, 5.74) is 10.0. The van der Waals surface area contributed by atoms with E-state index in [1.165, 1.54) is 16.7 Å². The van der Waals surface area contributed by atoms with Crippen LogP contribution in [0.15, 0.2) is 35.7 Å². The van der Waals surface area contributed by atoms with Gasteiger partial charge in [-0.1, -0.05) is 30.0 Å². The Morgan fingerprint density at radius 3 is 2.72 bits per heavy atom. The summed E-state index contributed by atoms with van der Waals surface area (Å²) in [7, 11) is 2.00. The molecular weight excluding hydrogens is 242 g/mol. The summed E-state index contributed by atoms with van der Waals surface area (Å²) in [6, 6.07) is 6.48. The molecule has 0 radical (unpaired) electrons. The van der Waals surface area contributed by atoms with Gasteiger partial charge in [-0.3, -0.25) is 0 Å². The Hall–Kier alpha value is -1.26. The highest BCUT2D eigenvalue weighted by Crippen LogP contribution is 2.23. The molecule has 0 amide bonds. The van der Waals surface area contributed by atoms with Gasteiger partial charge in [0.2, 0.25) is 0 Å². The van der Waals surface area contributed by atoms with Crippen LogP contribution in [0.5, 0.6) is 0 Å². The zero-order valence-corrected chi connectivity index (χ0v) is 11.9. The average molecular weight is 261 g/mol. The molecule has 2 aromatic rings. The van der Waals surface area contributed by atoms with E-state index in [0.717, 1.165) is 10.9 Å². The molecule has 18 heavy (non-hydrogen) atoms. The van der Waals surface area contributed by atoms with Crippen LogP contribution in [0, 0.1) is 13.8 Å². The number of nitrogens with two attached hydrogens (primary N) is 1. The standard InChI is InChI=1S/C14H19N3S/c1-10-4-5-12(8-11(10)2)13(15)9-18-14-16-6-7-17(14)3/h4-8,13H,9,15H2,1-3H3. The highest BCUT2D eigenvalue weighted by molar-refractivity contribution is 7.99. The van der Waals surface area contributed by atoms with E-state index in [1.807, 2.05) is 24.0 Å². The Bertz CT molecular complexity index is 534. The summed E-state index contributed by atoms with van der Waals surface area (Å²) in [6.07, 6.45) is 3.76. The van der Waals surface area contributed by atoms with E-state index in [9.17, 15) is 0 Å². The molecule has 0 spiro atoms. The topological polar surface area (TPSA) is 43.8 Å². The number of nitrogens with zero attached hydrogens (tertiary/aromatic N) is 2. The first kappa shape index (κ1) is 13.2. The first-order valence-corrected chi connectivity index (χ1v) is 6.99. The van der Waals surface area contributed by atoms with Gasteiger partial charge in [0.1, 0.15) is 0 Å². The molecule has 4 heteroatoms. The number of thioether (sulfide) groups is 1. The molecule has 0 aliphatic carbocycles. The van der Waals surface area contributed by atoms with Crippen LogP contribution in [0.3, 0.4) is 0 Å². The molecule has 0 bridgehead atoms. The minimum absolute atomic E-state index is 0.0472. The van der Waals surface area contributed by atoms with Gasteiger partial charge in [0.25, 0.3) is 0 Å². The lowest BCUT2D eigenvalue weighted by Crippen LogP contribution is -2.13. The molecule has 0 aliphatic rings. The first-order valence-electron chi connectivity index (χ1n) is 6.01. The predicted octanol–water partition coefficient (Wildman–Crippen LogP) is 2.83. The quantitative estimate of drug-likeness (QED) is 0.861. The molecule has 0 saturated carbocycles. The van der Waals surface area contributed by atoms with Gasteiger partial charge in [-0.25, -0.2) is 4.98 Å². The van der Waals surface area contributed by atoms with Crippen molar-refractivity contribution in [1.29, 1.82) is 0 Å². The summed E-state index contributed by atoms with van der Waals surface area (Å²) >= 11 is 1.69. The largest absolute Gasteiger partial charge is 0.329 e. The molecule has 0 aliphatic heterocycles. The number of aryl methyl sites for hydroxylation is 3. The van der Waals surface area contributed by atoms with Crippen molar-refractivity contribution in [3.05, 3.63) is 47.3 Å². The Labute approximate surface area is 112 Å². The third-order valence-electron chi connectivity index (χ3n) is 3.13. The van der Waals surface area contributed by atoms with E-state index in [-0.39, 0.29) is 6.04 Å². The Morgan fingerprint density at radius 2 is 2.11 bits per heavy atom. The number of imidazole rings is 1. The van der Waals surface area contributed by atoms with Gasteiger partial charge in [0.05, 0.1) is 0 Å². The summed E-state index contributed by atoms with van der Waals surface area (Å²) < 4.78 is 2.01. The molecular formula is C14H19N3S. The molecule has 1 aromatic carbocycles. The molecule has 1 atom stereocenters. The summed E-state index contributed by atoms with van der Waals surface area (Å²) in [5, 5.41) is 1.01. The van der Waals surface area contributed by atoms with Gasteiger partial charge >= 0.3 is 0 Å². The lowest BCUT2D eigenvalue weighted by atomic mass is 10.0. The van der Waals surface area contributed by atoms with E-state index in [0.29, 0.717) is 0 Å². The van der Waals surface area contributed by atoms with Crippen molar-refractivity contribution in [2.45, 2.75) is 25.0 Å². The second-order valence-electron chi connectivity index (χ2n) is 4.58. The van der Waals surface area contributed by atoms with Crippen molar-refractivity contribution in [3.8, 4) is 0 Å². The van der Waals surface area contributed by atoms with Crippen molar-refractivity contribution in [1.82, 2.24) is 9.55 Å². The first-order chi connectivity index (χ1) is 8.58. The van der Waals surface area contributed by atoms with E-state index in [2.05, 4.69) is 37.0 Å². The number of hydrogen-bond donors (Lipinski definition) is 1. The van der Waals surface area contributed by atoms with Crippen molar-refractivity contribution in [2.75, 3.05) is 5.75 Å². The van der Waals surface area contributed by atoms with Gasteiger partial charge in [0.15, 0.2) is 5.16 Å². The van der Waals surface area contributed by atoms with E-state index >= 15 is 0 Å². The molecule has 1 aromatic heterocycles.